The van der Waals surface area contributed by atoms with Crippen molar-refractivity contribution in [2.45, 2.75) is 52.6 Å². The molecule has 1 saturated heterocycles. The molecule has 1 heterocycles. The Kier molecular flexibility index (Phi) is 7.14. The summed E-state index contributed by atoms with van der Waals surface area (Å²) in [4.78, 5) is 15.3. The van der Waals surface area contributed by atoms with E-state index in [1.165, 1.54) is 16.7 Å². The Bertz CT molecular complexity index is 820. The minimum Gasteiger partial charge on any atom is -0.349 e. The number of benzene rings is 2. The molecule has 0 spiro atoms. The summed E-state index contributed by atoms with van der Waals surface area (Å²) in [5.74, 6) is 0.214. The Hall–Kier alpha value is -1.84. The number of carbonyl (C=O) groups is 1. The quantitative estimate of drug-likeness (QED) is 0.702. The van der Waals surface area contributed by atoms with Crippen LogP contribution < -0.4 is 5.32 Å². The summed E-state index contributed by atoms with van der Waals surface area (Å²) in [5.41, 5.74) is 4.88. The van der Waals surface area contributed by atoms with E-state index in [0.717, 1.165) is 49.5 Å². The van der Waals surface area contributed by atoms with E-state index in [1.807, 2.05) is 18.2 Å². The van der Waals surface area contributed by atoms with Crippen LogP contribution in [0.2, 0.25) is 5.02 Å². The van der Waals surface area contributed by atoms with Crippen LogP contribution in [0, 0.1) is 19.8 Å². The maximum Gasteiger partial charge on any atom is 0.224 e. The normalized spacial score (nSPS) is 18.6. The van der Waals surface area contributed by atoms with Gasteiger partial charge < -0.3 is 5.32 Å². The molecule has 2 unspecified atom stereocenters. The highest BCUT2D eigenvalue weighted by molar-refractivity contribution is 6.31. The lowest BCUT2D eigenvalue weighted by molar-refractivity contribution is -0.127. The van der Waals surface area contributed by atoms with Gasteiger partial charge in [-0.25, -0.2) is 0 Å². The molecule has 0 aromatic heterocycles. The standard InChI is InChI=1S/C24H31ClN2O/c1-4-23(19-12-11-17(2)18(3)14-19)26-24(28)21-9-7-13-27(16-21)15-20-8-5-6-10-22(20)25/h5-6,8,10-12,14,21,23H,4,7,9,13,15-16H2,1-3H3,(H,26,28). The van der Waals surface area contributed by atoms with E-state index in [1.54, 1.807) is 0 Å². The SMILES string of the molecule is CCC(NC(=O)C1CCCN(Cc2ccccc2Cl)C1)c1ccc(C)c(C)c1. The minimum atomic E-state index is 0.0387. The first-order valence-corrected chi connectivity index (χ1v) is 10.7. The molecule has 0 bridgehead atoms. The largest absolute Gasteiger partial charge is 0.349 e. The number of likely N-dealkylation sites (tertiary alicyclic amines) is 1. The van der Waals surface area contributed by atoms with Crippen molar-refractivity contribution in [1.29, 1.82) is 0 Å². The van der Waals surface area contributed by atoms with Gasteiger partial charge in [-0.15, -0.1) is 0 Å². The van der Waals surface area contributed by atoms with Crippen LogP contribution >= 0.6 is 11.6 Å². The van der Waals surface area contributed by atoms with Gasteiger partial charge in [-0.3, -0.25) is 9.69 Å². The summed E-state index contributed by atoms with van der Waals surface area (Å²) >= 11 is 6.32. The second-order valence-corrected chi connectivity index (χ2v) is 8.39. The smallest absolute Gasteiger partial charge is 0.224 e. The molecule has 1 N–H and O–H groups in total. The third-order valence-corrected chi connectivity index (χ3v) is 6.25. The number of carbonyl (C=O) groups excluding carboxylic acids is 1. The van der Waals surface area contributed by atoms with E-state index in [9.17, 15) is 4.79 Å². The van der Waals surface area contributed by atoms with Gasteiger partial charge in [-0.2, -0.15) is 0 Å². The average molecular weight is 399 g/mol. The highest BCUT2D eigenvalue weighted by Crippen LogP contribution is 2.24. The summed E-state index contributed by atoms with van der Waals surface area (Å²) in [6.07, 6.45) is 2.89. The monoisotopic (exact) mass is 398 g/mol. The molecule has 150 valence electrons. The third-order valence-electron chi connectivity index (χ3n) is 5.89. The lowest BCUT2D eigenvalue weighted by atomic mass is 9.94. The summed E-state index contributed by atoms with van der Waals surface area (Å²) < 4.78 is 0. The zero-order chi connectivity index (χ0) is 20.1. The predicted molar refractivity (Wildman–Crippen MR) is 117 cm³/mol. The van der Waals surface area contributed by atoms with Gasteiger partial charge in [-0.1, -0.05) is 54.9 Å². The number of piperidine rings is 1. The van der Waals surface area contributed by atoms with Crippen molar-refractivity contribution >= 4 is 17.5 Å². The topological polar surface area (TPSA) is 32.3 Å². The summed E-state index contributed by atoms with van der Waals surface area (Å²) in [6.45, 7) is 8.99. The van der Waals surface area contributed by atoms with E-state index in [0.29, 0.717) is 0 Å². The molecule has 1 aliphatic rings. The van der Waals surface area contributed by atoms with E-state index < -0.39 is 0 Å². The number of hydrogen-bond acceptors (Lipinski definition) is 2. The van der Waals surface area contributed by atoms with Crippen LogP contribution in [0.5, 0.6) is 0 Å². The maximum atomic E-state index is 13.0. The molecule has 4 heteroatoms. The first-order chi connectivity index (χ1) is 13.5. The van der Waals surface area contributed by atoms with Gasteiger partial charge in [0.2, 0.25) is 5.91 Å². The molecule has 3 rings (SSSR count). The Labute approximate surface area is 174 Å². The minimum absolute atomic E-state index is 0.0387. The Balaban J connectivity index is 1.62. The number of nitrogens with one attached hydrogen (secondary N) is 1. The fourth-order valence-corrected chi connectivity index (χ4v) is 4.17. The van der Waals surface area contributed by atoms with Crippen molar-refractivity contribution < 1.29 is 4.79 Å². The van der Waals surface area contributed by atoms with Crippen molar-refractivity contribution in [3.63, 3.8) is 0 Å². The van der Waals surface area contributed by atoms with Crippen LogP contribution in [0.3, 0.4) is 0 Å². The molecular weight excluding hydrogens is 368 g/mol. The predicted octanol–water partition coefficient (Wildman–Crippen LogP) is 5.44. The molecule has 28 heavy (non-hydrogen) atoms. The van der Waals surface area contributed by atoms with Gasteiger partial charge in [0, 0.05) is 18.1 Å². The van der Waals surface area contributed by atoms with Gasteiger partial charge in [-0.05, 0) is 68.0 Å². The summed E-state index contributed by atoms with van der Waals surface area (Å²) in [6, 6.07) is 14.5. The summed E-state index contributed by atoms with van der Waals surface area (Å²) in [7, 11) is 0. The Morgan fingerprint density at radius 3 is 2.71 bits per heavy atom. The first kappa shape index (κ1) is 20.9. The highest BCUT2D eigenvalue weighted by Gasteiger charge is 2.27. The molecule has 3 nitrogen and oxygen atoms in total. The number of halogens is 1. The van der Waals surface area contributed by atoms with Crippen LogP contribution in [0.15, 0.2) is 42.5 Å². The van der Waals surface area contributed by atoms with Crippen molar-refractivity contribution in [3.05, 3.63) is 69.7 Å². The van der Waals surface area contributed by atoms with Gasteiger partial charge in [0.1, 0.15) is 0 Å². The van der Waals surface area contributed by atoms with Crippen LogP contribution in [0.1, 0.15) is 54.5 Å². The number of aryl methyl sites for hydroxylation is 2. The molecule has 1 amide bonds. The van der Waals surface area contributed by atoms with Crippen LogP contribution in [-0.2, 0) is 11.3 Å². The van der Waals surface area contributed by atoms with Crippen LogP contribution in [0.4, 0.5) is 0 Å². The average Bonchev–Trinajstić information content (AvgIpc) is 2.70. The number of rotatable bonds is 6. The number of amides is 1. The van der Waals surface area contributed by atoms with Gasteiger partial charge in [0.15, 0.2) is 0 Å². The second kappa shape index (κ2) is 9.58. The molecule has 0 radical (unpaired) electrons. The molecule has 0 aliphatic carbocycles. The molecule has 1 aliphatic heterocycles. The van der Waals surface area contributed by atoms with E-state index in [2.05, 4.69) is 55.3 Å². The van der Waals surface area contributed by atoms with Crippen molar-refractivity contribution in [2.24, 2.45) is 5.92 Å². The van der Waals surface area contributed by atoms with Crippen molar-refractivity contribution in [3.8, 4) is 0 Å². The zero-order valence-electron chi connectivity index (χ0n) is 17.2. The zero-order valence-corrected chi connectivity index (χ0v) is 17.9. The molecule has 0 saturated carbocycles. The van der Waals surface area contributed by atoms with Gasteiger partial charge in [0.25, 0.3) is 0 Å². The fraction of sp³-hybridized carbons (Fsp3) is 0.458. The molecule has 1 fully saturated rings. The van der Waals surface area contributed by atoms with Crippen molar-refractivity contribution in [2.75, 3.05) is 13.1 Å². The highest BCUT2D eigenvalue weighted by atomic mass is 35.5. The lowest BCUT2D eigenvalue weighted by Gasteiger charge is -2.33. The summed E-state index contributed by atoms with van der Waals surface area (Å²) in [5, 5.41) is 4.10. The molecule has 2 aromatic carbocycles. The van der Waals surface area contributed by atoms with E-state index in [4.69, 9.17) is 11.6 Å². The van der Waals surface area contributed by atoms with Gasteiger partial charge >= 0.3 is 0 Å². The number of hydrogen-bond donors (Lipinski definition) is 1. The van der Waals surface area contributed by atoms with E-state index in [-0.39, 0.29) is 17.9 Å². The fourth-order valence-electron chi connectivity index (χ4n) is 3.97. The maximum absolute atomic E-state index is 13.0. The third kappa shape index (κ3) is 5.15. The molecule has 2 aromatic rings. The van der Waals surface area contributed by atoms with E-state index >= 15 is 0 Å². The van der Waals surface area contributed by atoms with Crippen molar-refractivity contribution in [1.82, 2.24) is 10.2 Å². The molecule has 2 atom stereocenters. The first-order valence-electron chi connectivity index (χ1n) is 10.3. The Morgan fingerprint density at radius 2 is 2.00 bits per heavy atom. The van der Waals surface area contributed by atoms with Crippen LogP contribution in [-0.4, -0.2) is 23.9 Å². The Morgan fingerprint density at radius 1 is 1.21 bits per heavy atom. The van der Waals surface area contributed by atoms with Gasteiger partial charge in [0.05, 0.1) is 12.0 Å². The number of nitrogens with zero attached hydrogens (tertiary/aromatic N) is 1. The second-order valence-electron chi connectivity index (χ2n) is 7.98. The lowest BCUT2D eigenvalue weighted by Crippen LogP contribution is -2.43. The molecular formula is C24H31ClN2O. The van der Waals surface area contributed by atoms with Crippen LogP contribution in [0.25, 0.3) is 0 Å².